The summed E-state index contributed by atoms with van der Waals surface area (Å²) in [7, 11) is -3.80. The molecule has 0 radical (unpaired) electrons. The summed E-state index contributed by atoms with van der Waals surface area (Å²) >= 11 is 0. The van der Waals surface area contributed by atoms with Gasteiger partial charge in [-0.05, 0) is 36.1 Å². The van der Waals surface area contributed by atoms with Gasteiger partial charge in [0, 0.05) is 10.9 Å². The van der Waals surface area contributed by atoms with Crippen molar-refractivity contribution < 1.29 is 8.42 Å². The lowest BCUT2D eigenvalue weighted by Crippen LogP contribution is -2.25. The summed E-state index contributed by atoms with van der Waals surface area (Å²) in [6, 6.07) is 13.8. The van der Waals surface area contributed by atoms with Crippen LogP contribution in [0.3, 0.4) is 0 Å². The van der Waals surface area contributed by atoms with Gasteiger partial charge in [-0.25, -0.2) is 8.42 Å². The molecule has 0 fully saturated rings. The molecule has 1 aliphatic heterocycles. The molecule has 21 heavy (non-hydrogen) atoms. The molecule has 0 saturated carbocycles. The van der Waals surface area contributed by atoms with Crippen LogP contribution in [0.2, 0.25) is 0 Å². The summed E-state index contributed by atoms with van der Waals surface area (Å²) in [4.78, 5) is 12.8. The second kappa shape index (κ2) is 3.83. The summed E-state index contributed by atoms with van der Waals surface area (Å²) in [6.07, 6.45) is 0. The Morgan fingerprint density at radius 1 is 0.952 bits per heavy atom. The van der Waals surface area contributed by atoms with Gasteiger partial charge in [0.25, 0.3) is 15.6 Å². The molecule has 0 unspecified atom stereocenters. The molecule has 1 aromatic heterocycles. The Bertz CT molecular complexity index is 1080. The van der Waals surface area contributed by atoms with Crippen LogP contribution in [0, 0.1) is 6.92 Å². The van der Waals surface area contributed by atoms with Crippen molar-refractivity contribution in [3.8, 4) is 11.3 Å². The van der Waals surface area contributed by atoms with Crippen LogP contribution in [0.4, 0.5) is 0 Å². The Balaban J connectivity index is 2.31. The van der Waals surface area contributed by atoms with E-state index in [1.807, 2.05) is 13.0 Å². The number of aryl methyl sites for hydroxylation is 1. The molecule has 4 nitrogen and oxygen atoms in total. The molecule has 2 aromatic carbocycles. The van der Waals surface area contributed by atoms with Crippen molar-refractivity contribution in [1.82, 2.24) is 3.97 Å². The Morgan fingerprint density at radius 3 is 2.52 bits per heavy atom. The van der Waals surface area contributed by atoms with Crippen LogP contribution in [0.5, 0.6) is 0 Å². The molecule has 2 heterocycles. The third kappa shape index (κ3) is 1.44. The van der Waals surface area contributed by atoms with Gasteiger partial charge >= 0.3 is 0 Å². The first kappa shape index (κ1) is 12.3. The minimum atomic E-state index is -3.80. The summed E-state index contributed by atoms with van der Waals surface area (Å²) in [5.74, 6) is 0. The van der Waals surface area contributed by atoms with E-state index in [2.05, 4.69) is 0 Å². The van der Waals surface area contributed by atoms with Crippen LogP contribution >= 0.6 is 0 Å². The summed E-state index contributed by atoms with van der Waals surface area (Å²) < 4.78 is 26.1. The largest absolute Gasteiger partial charge is 0.272 e. The minimum Gasteiger partial charge on any atom is -0.268 e. The highest BCUT2D eigenvalue weighted by Crippen LogP contribution is 2.37. The van der Waals surface area contributed by atoms with Crippen molar-refractivity contribution in [1.29, 1.82) is 0 Å². The highest BCUT2D eigenvalue weighted by atomic mass is 32.2. The Labute approximate surface area is 121 Å². The number of nitrogens with zero attached hydrogens (tertiary/aromatic N) is 1. The first-order valence-electron chi connectivity index (χ1n) is 6.52. The fourth-order valence-electron chi connectivity index (χ4n) is 2.90. The van der Waals surface area contributed by atoms with E-state index in [0.29, 0.717) is 16.6 Å². The topological polar surface area (TPSA) is 56.1 Å². The Kier molecular flexibility index (Phi) is 2.25. The maximum atomic E-state index is 12.6. The van der Waals surface area contributed by atoms with Gasteiger partial charge in [-0.1, -0.05) is 30.3 Å². The fourth-order valence-corrected chi connectivity index (χ4v) is 4.52. The highest BCUT2D eigenvalue weighted by Gasteiger charge is 2.33. The predicted molar refractivity (Wildman–Crippen MR) is 81.0 cm³/mol. The standard InChI is InChI=1S/C16H11NO3S/c1-10-5-4-7-11-13(10)9-14-12-6-2-3-8-15(12)21(19,20)17(14)16(11)18/h2-9H,1H3. The molecule has 0 saturated heterocycles. The van der Waals surface area contributed by atoms with E-state index in [1.54, 1.807) is 36.4 Å². The molecule has 0 N–H and O–H groups in total. The van der Waals surface area contributed by atoms with Gasteiger partial charge in [0.05, 0.1) is 10.6 Å². The van der Waals surface area contributed by atoms with E-state index in [1.165, 1.54) is 6.07 Å². The maximum absolute atomic E-state index is 12.6. The lowest BCUT2D eigenvalue weighted by atomic mass is 10.0. The normalized spacial score (nSPS) is 14.9. The average Bonchev–Trinajstić information content (AvgIpc) is 2.70. The molecule has 0 atom stereocenters. The smallest absolute Gasteiger partial charge is 0.268 e. The van der Waals surface area contributed by atoms with E-state index < -0.39 is 15.6 Å². The second-order valence-corrected chi connectivity index (χ2v) is 6.89. The van der Waals surface area contributed by atoms with Crippen LogP contribution < -0.4 is 5.56 Å². The van der Waals surface area contributed by atoms with Crippen molar-refractivity contribution in [3.63, 3.8) is 0 Å². The van der Waals surface area contributed by atoms with Crippen molar-refractivity contribution in [3.05, 3.63) is 64.4 Å². The first-order valence-corrected chi connectivity index (χ1v) is 7.96. The number of rotatable bonds is 0. The lowest BCUT2D eigenvalue weighted by molar-refractivity contribution is 0.590. The van der Waals surface area contributed by atoms with E-state index in [9.17, 15) is 13.2 Å². The minimum absolute atomic E-state index is 0.190. The van der Waals surface area contributed by atoms with Crippen molar-refractivity contribution in [2.24, 2.45) is 0 Å². The third-order valence-corrected chi connectivity index (χ3v) is 5.68. The van der Waals surface area contributed by atoms with E-state index in [0.717, 1.165) is 14.9 Å². The number of fused-ring (bicyclic) bond motifs is 4. The van der Waals surface area contributed by atoms with Gasteiger partial charge in [0.15, 0.2) is 0 Å². The zero-order valence-electron chi connectivity index (χ0n) is 11.2. The van der Waals surface area contributed by atoms with E-state index >= 15 is 0 Å². The average molecular weight is 297 g/mol. The number of hydrogen-bond acceptors (Lipinski definition) is 3. The third-order valence-electron chi connectivity index (χ3n) is 3.92. The van der Waals surface area contributed by atoms with Gasteiger partial charge in [0.1, 0.15) is 0 Å². The Hall–Kier alpha value is -2.40. The van der Waals surface area contributed by atoms with Gasteiger partial charge < -0.3 is 0 Å². The van der Waals surface area contributed by atoms with Crippen LogP contribution in [-0.4, -0.2) is 12.4 Å². The molecule has 0 aliphatic carbocycles. The SMILES string of the molecule is Cc1cccc2c(=O)n3c(cc12)-c1ccccc1S3(=O)=O. The molecular formula is C16H11NO3S. The van der Waals surface area contributed by atoms with Crippen molar-refractivity contribution >= 4 is 20.8 Å². The number of aromatic nitrogens is 1. The van der Waals surface area contributed by atoms with E-state index in [4.69, 9.17) is 0 Å². The zero-order valence-corrected chi connectivity index (χ0v) is 12.0. The van der Waals surface area contributed by atoms with Crippen LogP contribution in [-0.2, 0) is 10.0 Å². The van der Waals surface area contributed by atoms with Crippen LogP contribution in [0.25, 0.3) is 22.0 Å². The van der Waals surface area contributed by atoms with Crippen molar-refractivity contribution in [2.75, 3.05) is 0 Å². The molecule has 0 amide bonds. The zero-order chi connectivity index (χ0) is 14.8. The van der Waals surface area contributed by atoms with Gasteiger partial charge in [-0.2, -0.15) is 3.97 Å². The Morgan fingerprint density at radius 2 is 1.71 bits per heavy atom. The summed E-state index contributed by atoms with van der Waals surface area (Å²) in [6.45, 7) is 1.91. The van der Waals surface area contributed by atoms with Gasteiger partial charge in [-0.3, -0.25) is 4.79 Å². The molecule has 3 aromatic rings. The molecule has 1 aliphatic rings. The lowest BCUT2D eigenvalue weighted by Gasteiger charge is -2.07. The second-order valence-electron chi connectivity index (χ2n) is 5.14. The number of pyridine rings is 1. The monoisotopic (exact) mass is 297 g/mol. The van der Waals surface area contributed by atoms with Gasteiger partial charge in [0.2, 0.25) is 0 Å². The molecule has 104 valence electrons. The van der Waals surface area contributed by atoms with Crippen LogP contribution in [0.15, 0.2) is 58.2 Å². The predicted octanol–water partition coefficient (Wildman–Crippen LogP) is 2.53. The maximum Gasteiger partial charge on any atom is 0.272 e. The fraction of sp³-hybridized carbons (Fsp3) is 0.0625. The first-order chi connectivity index (χ1) is 10.0. The summed E-state index contributed by atoms with van der Waals surface area (Å²) in [5, 5.41) is 1.22. The molecule has 4 rings (SSSR count). The van der Waals surface area contributed by atoms with Crippen LogP contribution in [0.1, 0.15) is 5.56 Å². The molecule has 0 spiro atoms. The number of benzene rings is 2. The van der Waals surface area contributed by atoms with Crippen molar-refractivity contribution in [2.45, 2.75) is 11.8 Å². The molecule has 0 bridgehead atoms. The van der Waals surface area contributed by atoms with E-state index in [-0.39, 0.29) is 4.90 Å². The molecular weight excluding hydrogens is 286 g/mol. The number of hydrogen-bond donors (Lipinski definition) is 0. The molecule has 5 heteroatoms. The summed E-state index contributed by atoms with van der Waals surface area (Å²) in [5.41, 5.74) is 1.49. The van der Waals surface area contributed by atoms with Gasteiger partial charge in [-0.15, -0.1) is 0 Å². The highest BCUT2D eigenvalue weighted by molar-refractivity contribution is 7.90. The quantitative estimate of drug-likeness (QED) is 0.501.